The molecule has 0 spiro atoms. The number of hydrogen-bond donors (Lipinski definition) is 1. The molecule has 0 aliphatic rings. The second-order valence-electron chi connectivity index (χ2n) is 5.26. The fraction of sp³-hybridized carbons (Fsp3) is 0.438. The average Bonchev–Trinajstić information content (AvgIpc) is 2.70. The third-order valence-electron chi connectivity index (χ3n) is 3.81. The third kappa shape index (κ3) is 2.61. The van der Waals surface area contributed by atoms with Crippen LogP contribution in [0.5, 0.6) is 11.5 Å². The summed E-state index contributed by atoms with van der Waals surface area (Å²) < 4.78 is 12.9. The highest BCUT2D eigenvalue weighted by Gasteiger charge is 2.20. The second kappa shape index (κ2) is 5.77. The fourth-order valence-corrected chi connectivity index (χ4v) is 2.60. The molecule has 2 N–H and O–H groups in total. The maximum atomic E-state index is 6.04. The van der Waals surface area contributed by atoms with Gasteiger partial charge in [0.2, 0.25) is 0 Å². The number of nitrogens with zero attached hydrogens (tertiary/aromatic N) is 2. The van der Waals surface area contributed by atoms with Crippen LogP contribution in [0.4, 0.5) is 0 Å². The van der Waals surface area contributed by atoms with Crippen LogP contribution in [0.1, 0.15) is 29.9 Å². The summed E-state index contributed by atoms with van der Waals surface area (Å²) >= 11 is 0. The Labute approximate surface area is 125 Å². The van der Waals surface area contributed by atoms with E-state index in [4.69, 9.17) is 15.2 Å². The van der Waals surface area contributed by atoms with E-state index >= 15 is 0 Å². The standard InChI is InChI=1S/C16H23N3O2/c1-9(17)12-7-13(16(21-6)14(8-12)20-5)15-10(2)18-19(4)11(15)3/h7-9H,17H2,1-6H3. The van der Waals surface area contributed by atoms with Crippen molar-refractivity contribution in [1.82, 2.24) is 9.78 Å². The lowest BCUT2D eigenvalue weighted by Crippen LogP contribution is -2.06. The summed E-state index contributed by atoms with van der Waals surface area (Å²) in [6.45, 7) is 5.99. The van der Waals surface area contributed by atoms with Gasteiger partial charge in [-0.05, 0) is 38.5 Å². The number of benzene rings is 1. The summed E-state index contributed by atoms with van der Waals surface area (Å²) in [5.74, 6) is 1.39. The minimum absolute atomic E-state index is 0.0826. The summed E-state index contributed by atoms with van der Waals surface area (Å²) in [5.41, 5.74) is 11.1. The van der Waals surface area contributed by atoms with E-state index < -0.39 is 0 Å². The molecule has 2 rings (SSSR count). The van der Waals surface area contributed by atoms with Crippen molar-refractivity contribution in [3.8, 4) is 22.6 Å². The van der Waals surface area contributed by atoms with Crippen molar-refractivity contribution < 1.29 is 9.47 Å². The Morgan fingerprint density at radius 1 is 1.19 bits per heavy atom. The molecule has 0 bridgehead atoms. The van der Waals surface area contributed by atoms with Crippen LogP contribution in [-0.4, -0.2) is 24.0 Å². The molecule has 0 radical (unpaired) electrons. The lowest BCUT2D eigenvalue weighted by atomic mass is 9.97. The molecule has 5 heteroatoms. The Morgan fingerprint density at radius 2 is 1.86 bits per heavy atom. The minimum Gasteiger partial charge on any atom is -0.493 e. The van der Waals surface area contributed by atoms with Crippen LogP contribution in [0.3, 0.4) is 0 Å². The van der Waals surface area contributed by atoms with Crippen LogP contribution in [0.2, 0.25) is 0 Å². The first-order valence-corrected chi connectivity index (χ1v) is 6.92. The van der Waals surface area contributed by atoms with Gasteiger partial charge in [0.05, 0.1) is 19.9 Å². The average molecular weight is 289 g/mol. The highest BCUT2D eigenvalue weighted by atomic mass is 16.5. The number of aromatic nitrogens is 2. The Hall–Kier alpha value is -2.01. The quantitative estimate of drug-likeness (QED) is 0.940. The van der Waals surface area contributed by atoms with Gasteiger partial charge in [0.1, 0.15) is 0 Å². The lowest BCUT2D eigenvalue weighted by Gasteiger charge is -2.17. The molecule has 0 fully saturated rings. The van der Waals surface area contributed by atoms with Crippen molar-refractivity contribution in [3.05, 3.63) is 29.1 Å². The van der Waals surface area contributed by atoms with Gasteiger partial charge in [-0.25, -0.2) is 0 Å². The van der Waals surface area contributed by atoms with E-state index in [1.165, 1.54) is 0 Å². The van der Waals surface area contributed by atoms with Gasteiger partial charge in [-0.1, -0.05) is 0 Å². The van der Waals surface area contributed by atoms with E-state index in [1.807, 2.05) is 38.6 Å². The van der Waals surface area contributed by atoms with E-state index in [0.717, 1.165) is 28.1 Å². The molecule has 1 aromatic carbocycles. The molecule has 0 amide bonds. The monoisotopic (exact) mass is 289 g/mol. The molecule has 2 aromatic rings. The van der Waals surface area contributed by atoms with Gasteiger partial charge in [-0.15, -0.1) is 0 Å². The fourth-order valence-electron chi connectivity index (χ4n) is 2.60. The maximum absolute atomic E-state index is 6.04. The van der Waals surface area contributed by atoms with Crippen LogP contribution >= 0.6 is 0 Å². The predicted molar refractivity (Wildman–Crippen MR) is 83.8 cm³/mol. The Bertz CT molecular complexity index is 660. The summed E-state index contributed by atoms with van der Waals surface area (Å²) in [6, 6.07) is 3.90. The SMILES string of the molecule is COc1cc(C(C)N)cc(-c2c(C)nn(C)c2C)c1OC. The first kappa shape index (κ1) is 15.4. The van der Waals surface area contributed by atoms with Crippen molar-refractivity contribution in [2.24, 2.45) is 12.8 Å². The molecule has 0 aliphatic carbocycles. The van der Waals surface area contributed by atoms with Gasteiger partial charge in [0, 0.05) is 29.9 Å². The first-order valence-electron chi connectivity index (χ1n) is 6.92. The van der Waals surface area contributed by atoms with Crippen LogP contribution in [-0.2, 0) is 7.05 Å². The van der Waals surface area contributed by atoms with Crippen molar-refractivity contribution in [2.45, 2.75) is 26.8 Å². The van der Waals surface area contributed by atoms with Crippen molar-refractivity contribution >= 4 is 0 Å². The van der Waals surface area contributed by atoms with Crippen LogP contribution in [0.15, 0.2) is 12.1 Å². The molecule has 1 aromatic heterocycles. The van der Waals surface area contributed by atoms with E-state index in [0.29, 0.717) is 11.5 Å². The smallest absolute Gasteiger partial charge is 0.168 e. The maximum Gasteiger partial charge on any atom is 0.168 e. The van der Waals surface area contributed by atoms with Crippen LogP contribution < -0.4 is 15.2 Å². The van der Waals surface area contributed by atoms with E-state index in [-0.39, 0.29) is 6.04 Å². The second-order valence-corrected chi connectivity index (χ2v) is 5.26. The predicted octanol–water partition coefficient (Wildman–Crippen LogP) is 2.74. The molecule has 114 valence electrons. The number of methoxy groups -OCH3 is 2. The molecule has 0 saturated carbocycles. The van der Waals surface area contributed by atoms with Gasteiger partial charge >= 0.3 is 0 Å². The van der Waals surface area contributed by atoms with Gasteiger partial charge in [-0.2, -0.15) is 5.10 Å². The molecule has 1 unspecified atom stereocenters. The minimum atomic E-state index is -0.0826. The topological polar surface area (TPSA) is 62.3 Å². The van der Waals surface area contributed by atoms with Gasteiger partial charge in [0.15, 0.2) is 11.5 Å². The Kier molecular flexibility index (Phi) is 4.23. The molecule has 1 heterocycles. The van der Waals surface area contributed by atoms with Gasteiger partial charge in [-0.3, -0.25) is 4.68 Å². The number of hydrogen-bond acceptors (Lipinski definition) is 4. The zero-order valence-corrected chi connectivity index (χ0v) is 13.5. The molecule has 0 aliphatic heterocycles. The van der Waals surface area contributed by atoms with Crippen LogP contribution in [0.25, 0.3) is 11.1 Å². The molecular formula is C16H23N3O2. The molecule has 1 atom stereocenters. The first-order chi connectivity index (χ1) is 9.90. The lowest BCUT2D eigenvalue weighted by molar-refractivity contribution is 0.355. The van der Waals surface area contributed by atoms with Crippen molar-refractivity contribution in [1.29, 1.82) is 0 Å². The summed E-state index contributed by atoms with van der Waals surface area (Å²) in [4.78, 5) is 0. The van der Waals surface area contributed by atoms with E-state index in [1.54, 1.807) is 14.2 Å². The summed E-state index contributed by atoms with van der Waals surface area (Å²) in [7, 11) is 5.22. The highest BCUT2D eigenvalue weighted by Crippen LogP contribution is 2.42. The number of aryl methyl sites for hydroxylation is 2. The number of nitrogens with two attached hydrogens (primary N) is 1. The van der Waals surface area contributed by atoms with Crippen molar-refractivity contribution in [3.63, 3.8) is 0 Å². The Balaban J connectivity index is 2.79. The highest BCUT2D eigenvalue weighted by molar-refractivity contribution is 5.78. The largest absolute Gasteiger partial charge is 0.493 e. The molecule has 21 heavy (non-hydrogen) atoms. The third-order valence-corrected chi connectivity index (χ3v) is 3.81. The van der Waals surface area contributed by atoms with Gasteiger partial charge in [0.25, 0.3) is 0 Å². The summed E-state index contributed by atoms with van der Waals surface area (Å²) in [6.07, 6.45) is 0. The number of ether oxygens (including phenoxy) is 2. The Morgan fingerprint density at radius 3 is 2.29 bits per heavy atom. The van der Waals surface area contributed by atoms with Crippen LogP contribution in [0, 0.1) is 13.8 Å². The molecule has 5 nitrogen and oxygen atoms in total. The van der Waals surface area contributed by atoms with E-state index in [9.17, 15) is 0 Å². The van der Waals surface area contributed by atoms with E-state index in [2.05, 4.69) is 11.2 Å². The normalized spacial score (nSPS) is 12.3. The molecular weight excluding hydrogens is 266 g/mol. The summed E-state index contributed by atoms with van der Waals surface area (Å²) in [5, 5.41) is 4.48. The zero-order chi connectivity index (χ0) is 15.7. The zero-order valence-electron chi connectivity index (χ0n) is 13.5. The molecule has 0 saturated heterocycles. The van der Waals surface area contributed by atoms with Gasteiger partial charge < -0.3 is 15.2 Å². The number of rotatable bonds is 4. The van der Waals surface area contributed by atoms with Crippen molar-refractivity contribution in [2.75, 3.05) is 14.2 Å².